The third-order valence-corrected chi connectivity index (χ3v) is 5.81. The van der Waals surface area contributed by atoms with Crippen LogP contribution in [0, 0.1) is 11.7 Å². The Morgan fingerprint density at radius 3 is 2.93 bits per heavy atom. The normalized spacial score (nSPS) is 16.7. The second kappa shape index (κ2) is 9.71. The molecule has 0 bridgehead atoms. The summed E-state index contributed by atoms with van der Waals surface area (Å²) in [6.07, 6.45) is -0.109. The largest absolute Gasteiger partial charge is 0.365 e. The van der Waals surface area contributed by atoms with Crippen molar-refractivity contribution in [2.24, 2.45) is 10.9 Å². The van der Waals surface area contributed by atoms with Gasteiger partial charge in [-0.05, 0) is 58.3 Å². The first-order valence-electron chi connectivity index (χ1n) is 8.72. The molecule has 3 rings (SSSR count). The molecule has 13 heteroatoms. The number of rotatable bonds is 8. The van der Waals surface area contributed by atoms with Crippen LogP contribution in [0.25, 0.3) is 0 Å². The molecule has 0 aliphatic carbocycles. The quantitative estimate of drug-likeness (QED) is 0.292. The van der Waals surface area contributed by atoms with E-state index in [1.807, 2.05) is 19.3 Å². The van der Waals surface area contributed by atoms with Gasteiger partial charge in [-0.25, -0.2) is 22.5 Å². The minimum atomic E-state index is -1.44. The molecule has 2 heterocycles. The molecule has 0 radical (unpaired) electrons. The summed E-state index contributed by atoms with van der Waals surface area (Å²) in [7, 11) is 0. The Morgan fingerprint density at radius 1 is 1.52 bits per heavy atom. The maximum atomic E-state index is 13.4. The van der Waals surface area contributed by atoms with Crippen LogP contribution in [0.4, 0.5) is 15.9 Å². The number of nitrogens with one attached hydrogen (secondary N) is 2. The van der Waals surface area contributed by atoms with Gasteiger partial charge in [-0.15, -0.1) is 0 Å². The van der Waals surface area contributed by atoms with Gasteiger partial charge in [0, 0.05) is 25.6 Å². The highest BCUT2D eigenvalue weighted by molar-refractivity contribution is 9.10. The molecule has 1 unspecified atom stereocenters. The summed E-state index contributed by atoms with van der Waals surface area (Å²) in [4.78, 5) is 4.20. The van der Waals surface area contributed by atoms with E-state index in [4.69, 9.17) is 8.81 Å². The third kappa shape index (κ3) is 5.57. The lowest BCUT2D eigenvalue weighted by molar-refractivity contribution is 0.174. The van der Waals surface area contributed by atoms with Gasteiger partial charge in [0.15, 0.2) is 11.5 Å². The van der Waals surface area contributed by atoms with Crippen LogP contribution in [-0.2, 0) is 15.4 Å². The van der Waals surface area contributed by atoms with Gasteiger partial charge in [0.05, 0.1) is 16.3 Å². The predicted octanol–water partition coefficient (Wildman–Crippen LogP) is 2.38. The number of nitrogens with zero attached hydrogens (tertiary/aromatic N) is 4. The lowest BCUT2D eigenvalue weighted by atomic mass is 10.0. The van der Waals surface area contributed by atoms with Crippen LogP contribution in [0.3, 0.4) is 0 Å². The molecular weight excluding hydrogens is 471 g/mol. The zero-order valence-corrected chi connectivity index (χ0v) is 18.0. The maximum Gasteiger partial charge on any atom is 0.237 e. The topological polar surface area (TPSA) is 125 Å². The fraction of sp³-hybridized carbons (Fsp3) is 0.438. The van der Waals surface area contributed by atoms with Crippen LogP contribution < -0.4 is 10.8 Å². The molecule has 158 valence electrons. The molecule has 29 heavy (non-hydrogen) atoms. The molecule has 1 fully saturated rings. The zero-order chi connectivity index (χ0) is 21.0. The van der Waals surface area contributed by atoms with Gasteiger partial charge in [0.1, 0.15) is 5.82 Å². The van der Waals surface area contributed by atoms with E-state index in [1.54, 1.807) is 4.31 Å². The smallest absolute Gasteiger partial charge is 0.237 e. The van der Waals surface area contributed by atoms with Gasteiger partial charge in [-0.2, -0.15) is 0 Å². The number of benzene rings is 1. The monoisotopic (exact) mass is 490 g/mol. The lowest BCUT2D eigenvalue weighted by Gasteiger charge is -2.37. The lowest BCUT2D eigenvalue weighted by Crippen LogP contribution is -2.50. The Hall–Kier alpha value is -1.93. The number of aliphatic imine (C=N–C) groups is 1. The fourth-order valence-corrected chi connectivity index (χ4v) is 4.00. The summed E-state index contributed by atoms with van der Waals surface area (Å²) < 4.78 is 37.2. The molecule has 1 atom stereocenters. The van der Waals surface area contributed by atoms with Crippen molar-refractivity contribution >= 4 is 44.5 Å². The summed E-state index contributed by atoms with van der Waals surface area (Å²) in [6, 6.07) is 4.14. The van der Waals surface area contributed by atoms with E-state index in [1.165, 1.54) is 18.2 Å². The minimum Gasteiger partial charge on any atom is -0.365 e. The second-order valence-corrected chi connectivity index (χ2v) is 8.59. The summed E-state index contributed by atoms with van der Waals surface area (Å²) in [5.41, 5.74) is 2.50. The van der Waals surface area contributed by atoms with Crippen LogP contribution in [0.15, 0.2) is 32.3 Å². The predicted molar refractivity (Wildman–Crippen MR) is 107 cm³/mol. The van der Waals surface area contributed by atoms with Crippen molar-refractivity contribution < 1.29 is 22.6 Å². The van der Waals surface area contributed by atoms with Gasteiger partial charge in [-0.3, -0.25) is 14.9 Å². The minimum absolute atomic E-state index is 0.0195. The molecule has 10 nitrogen and oxygen atoms in total. The Labute approximate surface area is 177 Å². The number of halogens is 2. The Balaban J connectivity index is 1.61. The van der Waals surface area contributed by atoms with Crippen molar-refractivity contribution in [3.05, 3.63) is 34.2 Å². The number of hydrogen-bond donors (Lipinski definition) is 3. The van der Waals surface area contributed by atoms with Crippen LogP contribution in [0.2, 0.25) is 0 Å². The summed E-state index contributed by atoms with van der Waals surface area (Å²) >= 11 is 1.64. The van der Waals surface area contributed by atoms with Crippen LogP contribution >= 0.6 is 15.9 Å². The van der Waals surface area contributed by atoms with Crippen molar-refractivity contribution in [3.63, 3.8) is 0 Å². The van der Waals surface area contributed by atoms with Gasteiger partial charge in [0.2, 0.25) is 17.1 Å². The first kappa shape index (κ1) is 21.8. The van der Waals surface area contributed by atoms with Crippen molar-refractivity contribution in [1.82, 2.24) is 20.1 Å². The number of amidine groups is 1. The molecular formula is C16H20BrFN6O4S. The van der Waals surface area contributed by atoms with E-state index in [0.717, 1.165) is 0 Å². The van der Waals surface area contributed by atoms with E-state index in [9.17, 15) is 13.8 Å². The fourth-order valence-electron chi connectivity index (χ4n) is 2.51. The summed E-state index contributed by atoms with van der Waals surface area (Å²) in [6.45, 7) is 5.40. The average Bonchev–Trinajstić information content (AvgIpc) is 3.09. The van der Waals surface area contributed by atoms with E-state index in [2.05, 4.69) is 36.6 Å². The highest BCUT2D eigenvalue weighted by atomic mass is 79.9. The van der Waals surface area contributed by atoms with Gasteiger partial charge in [-0.1, -0.05) is 0 Å². The van der Waals surface area contributed by atoms with E-state index < -0.39 is 17.1 Å². The van der Waals surface area contributed by atoms with E-state index >= 15 is 0 Å². The maximum absolute atomic E-state index is 13.4. The van der Waals surface area contributed by atoms with E-state index in [-0.39, 0.29) is 33.8 Å². The van der Waals surface area contributed by atoms with Gasteiger partial charge < -0.3 is 5.32 Å². The molecule has 0 amide bonds. The molecule has 1 aromatic carbocycles. The molecule has 3 N–H and O–H groups in total. The molecule has 0 spiro atoms. The zero-order valence-electron chi connectivity index (χ0n) is 15.6. The van der Waals surface area contributed by atoms with Crippen LogP contribution in [0.5, 0.6) is 0 Å². The summed E-state index contributed by atoms with van der Waals surface area (Å²) in [5.74, 6) is 0.0652. The highest BCUT2D eigenvalue weighted by Gasteiger charge is 2.32. The van der Waals surface area contributed by atoms with Gasteiger partial charge in [0.25, 0.3) is 0 Å². The van der Waals surface area contributed by atoms with Gasteiger partial charge >= 0.3 is 0 Å². The number of hydrogen-bond acceptors (Lipinski definition) is 8. The molecule has 1 aliphatic rings. The van der Waals surface area contributed by atoms with E-state index in [0.29, 0.717) is 25.3 Å². The Morgan fingerprint density at radius 2 is 2.28 bits per heavy atom. The average molecular weight is 491 g/mol. The highest BCUT2D eigenvalue weighted by Crippen LogP contribution is 2.24. The number of hydroxylamine groups is 1. The molecule has 2 aromatic rings. The second-order valence-electron chi connectivity index (χ2n) is 6.59. The first-order chi connectivity index (χ1) is 13.9. The van der Waals surface area contributed by atoms with Crippen LogP contribution in [0.1, 0.15) is 19.5 Å². The first-order valence-corrected chi connectivity index (χ1v) is 10.5. The molecule has 1 aliphatic heterocycles. The number of aromatic nitrogens is 2. The molecule has 1 saturated heterocycles. The van der Waals surface area contributed by atoms with Crippen molar-refractivity contribution in [3.8, 4) is 0 Å². The SMILES string of the molecule is CC(C)OS(=O)N1CC(CNc2nonc2C(=Nc2ccc(F)c(Br)c2)NO)C1. The van der Waals surface area contributed by atoms with Crippen molar-refractivity contribution in [2.75, 3.05) is 25.0 Å². The third-order valence-electron chi connectivity index (χ3n) is 3.93. The number of anilines is 1. The summed E-state index contributed by atoms with van der Waals surface area (Å²) in [5, 5.41) is 20.1. The molecule has 1 aromatic heterocycles. The Kier molecular flexibility index (Phi) is 7.29. The van der Waals surface area contributed by atoms with Crippen molar-refractivity contribution in [2.45, 2.75) is 20.0 Å². The van der Waals surface area contributed by atoms with Crippen molar-refractivity contribution in [1.29, 1.82) is 0 Å². The standard InChI is InChI=1S/C16H20BrFN6O4S/c1-9(2)27-29(26)24-7-10(8-24)6-19-15-14(22-28-23-15)16(21-25)20-11-3-4-13(18)12(17)5-11/h3-5,9-10,25H,6-8H2,1-2H3,(H,19,23)(H,20,21). The van der Waals surface area contributed by atoms with Crippen LogP contribution in [-0.4, -0.2) is 55.6 Å². The Bertz CT molecular complexity index is 905. The molecule has 0 saturated carbocycles.